The SMILES string of the molecule is O=C(CCc1cc(-c2cccc(F)c2)n(-c2ccccc2)n1)N1CCOCC1. The van der Waals surface area contributed by atoms with Gasteiger partial charge in [-0.05, 0) is 30.3 Å². The van der Waals surface area contributed by atoms with Crippen LogP contribution in [-0.4, -0.2) is 46.9 Å². The number of rotatable bonds is 5. The van der Waals surface area contributed by atoms with Gasteiger partial charge in [-0.15, -0.1) is 0 Å². The van der Waals surface area contributed by atoms with Crippen molar-refractivity contribution in [1.82, 2.24) is 14.7 Å². The fourth-order valence-corrected chi connectivity index (χ4v) is 3.38. The van der Waals surface area contributed by atoms with Crippen molar-refractivity contribution < 1.29 is 13.9 Å². The van der Waals surface area contributed by atoms with Crippen LogP contribution in [0.2, 0.25) is 0 Å². The lowest BCUT2D eigenvalue weighted by Crippen LogP contribution is -2.40. The predicted molar refractivity (Wildman–Crippen MR) is 105 cm³/mol. The van der Waals surface area contributed by atoms with Crippen molar-refractivity contribution in [2.45, 2.75) is 12.8 Å². The number of carbonyl (C=O) groups is 1. The van der Waals surface area contributed by atoms with Crippen molar-refractivity contribution in [3.05, 3.63) is 72.2 Å². The molecule has 1 aliphatic heterocycles. The maximum atomic E-state index is 13.8. The van der Waals surface area contributed by atoms with Crippen molar-refractivity contribution in [1.29, 1.82) is 0 Å². The highest BCUT2D eigenvalue weighted by atomic mass is 19.1. The van der Waals surface area contributed by atoms with Gasteiger partial charge < -0.3 is 9.64 Å². The van der Waals surface area contributed by atoms with Crippen LogP contribution >= 0.6 is 0 Å². The smallest absolute Gasteiger partial charge is 0.223 e. The van der Waals surface area contributed by atoms with E-state index in [4.69, 9.17) is 9.84 Å². The molecule has 2 aromatic carbocycles. The number of amides is 1. The Morgan fingerprint density at radius 2 is 1.82 bits per heavy atom. The number of para-hydroxylation sites is 1. The first-order chi connectivity index (χ1) is 13.7. The lowest BCUT2D eigenvalue weighted by molar-refractivity contribution is -0.135. The quantitative estimate of drug-likeness (QED) is 0.682. The van der Waals surface area contributed by atoms with Crippen LogP contribution in [0.1, 0.15) is 12.1 Å². The van der Waals surface area contributed by atoms with Gasteiger partial charge in [-0.2, -0.15) is 5.10 Å². The highest BCUT2D eigenvalue weighted by Crippen LogP contribution is 2.25. The van der Waals surface area contributed by atoms with Gasteiger partial charge in [0, 0.05) is 31.5 Å². The molecule has 0 radical (unpaired) electrons. The number of benzene rings is 2. The number of nitrogens with zero attached hydrogens (tertiary/aromatic N) is 3. The number of hydrogen-bond donors (Lipinski definition) is 0. The average Bonchev–Trinajstić information content (AvgIpc) is 3.18. The van der Waals surface area contributed by atoms with Crippen molar-refractivity contribution in [2.24, 2.45) is 0 Å². The molecule has 0 unspecified atom stereocenters. The molecule has 28 heavy (non-hydrogen) atoms. The summed E-state index contributed by atoms with van der Waals surface area (Å²) in [4.78, 5) is 14.3. The van der Waals surface area contributed by atoms with Gasteiger partial charge in [0.25, 0.3) is 0 Å². The van der Waals surface area contributed by atoms with Crippen LogP contribution in [0.4, 0.5) is 4.39 Å². The molecule has 5 nitrogen and oxygen atoms in total. The normalized spacial score (nSPS) is 14.2. The van der Waals surface area contributed by atoms with Crippen molar-refractivity contribution in [3.63, 3.8) is 0 Å². The average molecular weight is 379 g/mol. The molecule has 1 aliphatic rings. The fourth-order valence-electron chi connectivity index (χ4n) is 3.38. The molecule has 0 N–H and O–H groups in total. The van der Waals surface area contributed by atoms with E-state index < -0.39 is 0 Å². The number of ether oxygens (including phenoxy) is 1. The Morgan fingerprint density at radius 1 is 1.04 bits per heavy atom. The van der Waals surface area contributed by atoms with E-state index in [1.807, 2.05) is 52.0 Å². The molecule has 1 saturated heterocycles. The van der Waals surface area contributed by atoms with Crippen LogP contribution in [-0.2, 0) is 16.0 Å². The van der Waals surface area contributed by atoms with Crippen molar-refractivity contribution in [3.8, 4) is 16.9 Å². The summed E-state index contributed by atoms with van der Waals surface area (Å²) in [5.41, 5.74) is 3.26. The molecule has 1 aromatic heterocycles. The zero-order valence-corrected chi connectivity index (χ0v) is 15.6. The number of aryl methyl sites for hydroxylation is 1. The van der Waals surface area contributed by atoms with Gasteiger partial charge >= 0.3 is 0 Å². The number of carbonyl (C=O) groups excluding carboxylic acids is 1. The zero-order chi connectivity index (χ0) is 19.3. The molecular weight excluding hydrogens is 357 g/mol. The lowest BCUT2D eigenvalue weighted by atomic mass is 10.1. The van der Waals surface area contributed by atoms with Crippen LogP contribution in [0.15, 0.2) is 60.7 Å². The van der Waals surface area contributed by atoms with Crippen LogP contribution in [0.5, 0.6) is 0 Å². The number of aromatic nitrogens is 2. The van der Waals surface area contributed by atoms with E-state index in [0.717, 1.165) is 22.6 Å². The van der Waals surface area contributed by atoms with Gasteiger partial charge in [0.05, 0.1) is 30.3 Å². The third kappa shape index (κ3) is 4.12. The summed E-state index contributed by atoms with van der Waals surface area (Å²) < 4.78 is 20.9. The topological polar surface area (TPSA) is 47.4 Å². The maximum absolute atomic E-state index is 13.8. The molecule has 0 atom stereocenters. The first kappa shape index (κ1) is 18.4. The largest absolute Gasteiger partial charge is 0.378 e. The minimum absolute atomic E-state index is 0.116. The standard InChI is InChI=1S/C22H22FN3O2/c23-18-6-4-5-17(15-18)21-16-19(24-26(21)20-7-2-1-3-8-20)9-10-22(27)25-11-13-28-14-12-25/h1-8,15-16H,9-14H2. The van der Waals surface area contributed by atoms with Crippen LogP contribution in [0.3, 0.4) is 0 Å². The van der Waals surface area contributed by atoms with E-state index in [-0.39, 0.29) is 11.7 Å². The first-order valence-electron chi connectivity index (χ1n) is 9.46. The number of halogens is 1. The summed E-state index contributed by atoms with van der Waals surface area (Å²) in [7, 11) is 0. The summed E-state index contributed by atoms with van der Waals surface area (Å²) in [6, 6.07) is 18.1. The van der Waals surface area contributed by atoms with Gasteiger partial charge in [0.2, 0.25) is 5.91 Å². The Balaban J connectivity index is 1.59. The van der Waals surface area contributed by atoms with E-state index in [2.05, 4.69) is 0 Å². The summed E-state index contributed by atoms with van der Waals surface area (Å²) in [5.74, 6) is -0.174. The number of hydrogen-bond acceptors (Lipinski definition) is 3. The van der Waals surface area contributed by atoms with E-state index in [9.17, 15) is 9.18 Å². The Bertz CT molecular complexity index is 949. The first-order valence-corrected chi connectivity index (χ1v) is 9.46. The highest BCUT2D eigenvalue weighted by molar-refractivity contribution is 5.76. The molecule has 4 rings (SSSR count). The van der Waals surface area contributed by atoms with Crippen molar-refractivity contribution in [2.75, 3.05) is 26.3 Å². The molecule has 6 heteroatoms. The lowest BCUT2D eigenvalue weighted by Gasteiger charge is -2.26. The highest BCUT2D eigenvalue weighted by Gasteiger charge is 2.18. The van der Waals surface area contributed by atoms with Gasteiger partial charge in [-0.25, -0.2) is 9.07 Å². The van der Waals surface area contributed by atoms with E-state index >= 15 is 0 Å². The van der Waals surface area contributed by atoms with Gasteiger partial charge in [-0.1, -0.05) is 30.3 Å². The monoisotopic (exact) mass is 379 g/mol. The van der Waals surface area contributed by atoms with E-state index in [1.54, 1.807) is 6.07 Å². The molecule has 0 spiro atoms. The van der Waals surface area contributed by atoms with Crippen LogP contribution in [0, 0.1) is 5.82 Å². The molecule has 3 aromatic rings. The van der Waals surface area contributed by atoms with Crippen LogP contribution in [0.25, 0.3) is 16.9 Å². The summed E-state index contributed by atoms with van der Waals surface area (Å²) in [6.45, 7) is 2.48. The third-order valence-electron chi connectivity index (χ3n) is 4.84. The Kier molecular flexibility index (Phi) is 5.48. The minimum atomic E-state index is -0.289. The zero-order valence-electron chi connectivity index (χ0n) is 15.6. The van der Waals surface area contributed by atoms with E-state index in [1.165, 1.54) is 12.1 Å². The molecule has 144 valence electrons. The Hall–Kier alpha value is -2.99. The van der Waals surface area contributed by atoms with E-state index in [0.29, 0.717) is 39.1 Å². The summed E-state index contributed by atoms with van der Waals surface area (Å²) in [5, 5.41) is 4.70. The molecule has 0 bridgehead atoms. The molecule has 0 aliphatic carbocycles. The minimum Gasteiger partial charge on any atom is -0.378 e. The fraction of sp³-hybridized carbons (Fsp3) is 0.273. The molecule has 1 amide bonds. The summed E-state index contributed by atoms with van der Waals surface area (Å²) in [6.07, 6.45) is 0.937. The number of morpholine rings is 1. The summed E-state index contributed by atoms with van der Waals surface area (Å²) >= 11 is 0. The molecule has 1 fully saturated rings. The third-order valence-corrected chi connectivity index (χ3v) is 4.84. The second-order valence-electron chi connectivity index (χ2n) is 6.77. The maximum Gasteiger partial charge on any atom is 0.223 e. The van der Waals surface area contributed by atoms with Gasteiger partial charge in [0.15, 0.2) is 0 Å². The van der Waals surface area contributed by atoms with Crippen LogP contribution < -0.4 is 0 Å². The van der Waals surface area contributed by atoms with Gasteiger partial charge in [0.1, 0.15) is 5.82 Å². The van der Waals surface area contributed by atoms with Crippen molar-refractivity contribution >= 4 is 5.91 Å². The van der Waals surface area contributed by atoms with Gasteiger partial charge in [-0.3, -0.25) is 4.79 Å². The second kappa shape index (κ2) is 8.35. The predicted octanol–water partition coefficient (Wildman–Crippen LogP) is 3.47. The molecule has 2 heterocycles. The second-order valence-corrected chi connectivity index (χ2v) is 6.77. The molecule has 0 saturated carbocycles. The Morgan fingerprint density at radius 3 is 2.57 bits per heavy atom. The molecular formula is C22H22FN3O2. The Labute approximate surface area is 163 Å².